The Hall–Kier alpha value is -3.44. The molecule has 8 nitrogen and oxygen atoms in total. The first kappa shape index (κ1) is 23.3. The Kier molecular flexibility index (Phi) is 6.20. The lowest BCUT2D eigenvalue weighted by atomic mass is 10.1. The molecule has 0 atom stereocenters. The number of benzene rings is 2. The van der Waals surface area contributed by atoms with Gasteiger partial charge in [0.2, 0.25) is 20.0 Å². The van der Waals surface area contributed by atoms with Gasteiger partial charge in [0.1, 0.15) is 0 Å². The van der Waals surface area contributed by atoms with Crippen molar-refractivity contribution >= 4 is 20.0 Å². The van der Waals surface area contributed by atoms with Gasteiger partial charge in [0.25, 0.3) is 0 Å². The molecule has 2 heterocycles. The highest BCUT2D eigenvalue weighted by Crippen LogP contribution is 2.38. The average molecular weight is 507 g/mol. The number of nitrogens with zero attached hydrogens (tertiary/aromatic N) is 2. The fourth-order valence-electron chi connectivity index (χ4n) is 4.03. The minimum absolute atomic E-state index is 0.140. The zero-order valence-corrected chi connectivity index (χ0v) is 20.2. The van der Waals surface area contributed by atoms with Crippen LogP contribution >= 0.6 is 0 Å². The van der Waals surface area contributed by atoms with E-state index in [9.17, 15) is 16.8 Å². The molecule has 1 aliphatic carbocycles. The number of rotatable bonds is 8. The zero-order chi connectivity index (χ0) is 24.5. The monoisotopic (exact) mass is 506 g/mol. The molecule has 0 fully saturated rings. The van der Waals surface area contributed by atoms with Gasteiger partial charge in [-0.25, -0.2) is 26.3 Å². The molecule has 35 heavy (non-hydrogen) atoms. The molecule has 178 valence electrons. The smallest absolute Gasteiger partial charge is 0.240 e. The van der Waals surface area contributed by atoms with Crippen LogP contribution in [0.2, 0.25) is 0 Å². The fourth-order valence-corrected chi connectivity index (χ4v) is 6.16. The SMILES string of the molecule is O=S(=O)(NCc1cccnc1)c1ccc2c(c1)Cc1cc(S(=O)(=O)NCc3cccnc3)ccc1-2. The average Bonchev–Trinajstić information content (AvgIpc) is 3.25. The van der Waals surface area contributed by atoms with Gasteiger partial charge < -0.3 is 0 Å². The minimum Gasteiger partial charge on any atom is -0.264 e. The first-order valence-electron chi connectivity index (χ1n) is 10.9. The number of fused-ring (bicyclic) bond motifs is 3. The van der Waals surface area contributed by atoms with Crippen molar-refractivity contribution in [2.45, 2.75) is 29.3 Å². The van der Waals surface area contributed by atoms with E-state index in [4.69, 9.17) is 0 Å². The number of hydrogen-bond donors (Lipinski definition) is 2. The predicted octanol–water partition coefficient (Wildman–Crippen LogP) is 3.00. The summed E-state index contributed by atoms with van der Waals surface area (Å²) >= 11 is 0. The van der Waals surface area contributed by atoms with Crippen LogP contribution in [0.4, 0.5) is 0 Å². The number of hydrogen-bond acceptors (Lipinski definition) is 6. The Balaban J connectivity index is 1.33. The van der Waals surface area contributed by atoms with Gasteiger partial charge >= 0.3 is 0 Å². The molecule has 0 spiro atoms. The summed E-state index contributed by atoms with van der Waals surface area (Å²) in [6, 6.07) is 17.1. The van der Waals surface area contributed by atoms with E-state index in [2.05, 4.69) is 19.4 Å². The largest absolute Gasteiger partial charge is 0.264 e. The third-order valence-corrected chi connectivity index (χ3v) is 8.62. The quantitative estimate of drug-likeness (QED) is 0.334. The Labute approximate surface area is 204 Å². The second-order valence-corrected chi connectivity index (χ2v) is 11.7. The molecule has 0 radical (unpaired) electrons. The Bertz CT molecular complexity index is 1470. The molecular weight excluding hydrogens is 484 g/mol. The van der Waals surface area contributed by atoms with Crippen LogP contribution in [0.5, 0.6) is 0 Å². The summed E-state index contributed by atoms with van der Waals surface area (Å²) in [4.78, 5) is 8.32. The molecular formula is C25H22N4O4S2. The van der Waals surface area contributed by atoms with Crippen molar-refractivity contribution in [1.82, 2.24) is 19.4 Å². The number of pyridine rings is 2. The van der Waals surface area contributed by atoms with Gasteiger partial charge in [0.05, 0.1) is 9.79 Å². The summed E-state index contributed by atoms with van der Waals surface area (Å²) in [5.41, 5.74) is 4.99. The van der Waals surface area contributed by atoms with Crippen LogP contribution in [0.3, 0.4) is 0 Å². The van der Waals surface area contributed by atoms with Crippen LogP contribution in [-0.2, 0) is 39.6 Å². The van der Waals surface area contributed by atoms with Crippen molar-refractivity contribution in [2.24, 2.45) is 0 Å². The first-order valence-corrected chi connectivity index (χ1v) is 13.8. The van der Waals surface area contributed by atoms with Crippen molar-refractivity contribution in [2.75, 3.05) is 0 Å². The van der Waals surface area contributed by atoms with E-state index in [1.165, 1.54) is 0 Å². The standard InChI is InChI=1S/C25H22N4O4S2/c30-34(31,28-16-18-3-1-9-26-14-18)22-5-7-24-20(12-22)11-21-13-23(6-8-25(21)24)35(32,33)29-17-19-4-2-10-27-15-19/h1-10,12-15,28-29H,11,16-17H2. The maximum Gasteiger partial charge on any atom is 0.240 e. The Morgan fingerprint density at radius 2 is 1.11 bits per heavy atom. The molecule has 0 unspecified atom stereocenters. The van der Waals surface area contributed by atoms with E-state index < -0.39 is 20.0 Å². The first-order chi connectivity index (χ1) is 16.8. The van der Waals surface area contributed by atoms with Gasteiger partial charge in [-0.3, -0.25) is 9.97 Å². The van der Waals surface area contributed by atoms with E-state index in [0.717, 1.165) is 33.4 Å². The normalized spacial score (nSPS) is 12.8. The second-order valence-electron chi connectivity index (χ2n) is 8.19. The van der Waals surface area contributed by atoms with Crippen LogP contribution in [0.25, 0.3) is 11.1 Å². The summed E-state index contributed by atoms with van der Waals surface area (Å²) in [7, 11) is -7.44. The summed E-state index contributed by atoms with van der Waals surface area (Å²) in [6.45, 7) is 0.279. The van der Waals surface area contributed by atoms with Crippen LogP contribution in [0, 0.1) is 0 Å². The van der Waals surface area contributed by atoms with Gasteiger partial charge in [0.15, 0.2) is 0 Å². The highest BCUT2D eigenvalue weighted by molar-refractivity contribution is 7.89. The van der Waals surface area contributed by atoms with Crippen LogP contribution in [0.15, 0.2) is 95.2 Å². The number of nitrogens with one attached hydrogen (secondary N) is 2. The highest BCUT2D eigenvalue weighted by Gasteiger charge is 2.24. The van der Waals surface area contributed by atoms with Crippen molar-refractivity contribution in [3.63, 3.8) is 0 Å². The van der Waals surface area contributed by atoms with E-state index in [1.54, 1.807) is 85.5 Å². The molecule has 1 aliphatic rings. The molecule has 0 saturated heterocycles. The van der Waals surface area contributed by atoms with Crippen molar-refractivity contribution in [1.29, 1.82) is 0 Å². The molecule has 4 aromatic rings. The van der Waals surface area contributed by atoms with E-state index in [-0.39, 0.29) is 22.9 Å². The Morgan fingerprint density at radius 3 is 1.51 bits per heavy atom. The molecule has 0 aliphatic heterocycles. The highest BCUT2D eigenvalue weighted by atomic mass is 32.2. The third-order valence-electron chi connectivity index (χ3n) is 5.82. The summed E-state index contributed by atoms with van der Waals surface area (Å²) in [5.74, 6) is 0. The molecule has 0 bridgehead atoms. The van der Waals surface area contributed by atoms with E-state index >= 15 is 0 Å². The molecule has 2 aromatic carbocycles. The zero-order valence-electron chi connectivity index (χ0n) is 18.5. The maximum absolute atomic E-state index is 12.8. The maximum atomic E-state index is 12.8. The lowest BCUT2D eigenvalue weighted by molar-refractivity contribution is 0.579. The third kappa shape index (κ3) is 5.01. The summed E-state index contributed by atoms with van der Waals surface area (Å²) in [6.07, 6.45) is 6.92. The van der Waals surface area contributed by atoms with Crippen LogP contribution in [-0.4, -0.2) is 26.8 Å². The van der Waals surface area contributed by atoms with Gasteiger partial charge in [-0.05, 0) is 76.2 Å². The topological polar surface area (TPSA) is 118 Å². The molecule has 2 aromatic heterocycles. The van der Waals surface area contributed by atoms with Gasteiger partial charge in [-0.1, -0.05) is 24.3 Å². The van der Waals surface area contributed by atoms with Gasteiger partial charge in [-0.2, -0.15) is 0 Å². The van der Waals surface area contributed by atoms with Crippen LogP contribution < -0.4 is 9.44 Å². The van der Waals surface area contributed by atoms with E-state index in [1.807, 2.05) is 0 Å². The Morgan fingerprint density at radius 1 is 0.657 bits per heavy atom. The molecule has 2 N–H and O–H groups in total. The second kappa shape index (κ2) is 9.31. The molecule has 5 rings (SSSR count). The fraction of sp³-hybridized carbons (Fsp3) is 0.120. The number of aromatic nitrogens is 2. The lowest BCUT2D eigenvalue weighted by Crippen LogP contribution is -2.23. The van der Waals surface area contributed by atoms with Crippen molar-refractivity contribution in [3.05, 3.63) is 108 Å². The van der Waals surface area contributed by atoms with Gasteiger partial charge in [-0.15, -0.1) is 0 Å². The van der Waals surface area contributed by atoms with Gasteiger partial charge in [0, 0.05) is 37.9 Å². The van der Waals surface area contributed by atoms with E-state index in [0.29, 0.717) is 6.42 Å². The summed E-state index contributed by atoms with van der Waals surface area (Å²) < 4.78 is 56.5. The summed E-state index contributed by atoms with van der Waals surface area (Å²) in [5, 5.41) is 0. The molecule has 10 heteroatoms. The van der Waals surface area contributed by atoms with Crippen molar-refractivity contribution < 1.29 is 16.8 Å². The predicted molar refractivity (Wildman–Crippen MR) is 131 cm³/mol. The number of sulfonamides is 2. The molecule has 0 amide bonds. The molecule has 0 saturated carbocycles. The lowest BCUT2D eigenvalue weighted by Gasteiger charge is -2.09. The van der Waals surface area contributed by atoms with Crippen molar-refractivity contribution in [3.8, 4) is 11.1 Å². The van der Waals surface area contributed by atoms with Crippen LogP contribution in [0.1, 0.15) is 22.3 Å². The minimum atomic E-state index is -3.72.